The molecule has 0 amide bonds. The van der Waals surface area contributed by atoms with Crippen molar-refractivity contribution in [2.24, 2.45) is 0 Å². The third kappa shape index (κ3) is 4.92. The van der Waals surface area contributed by atoms with E-state index in [0.29, 0.717) is 34.6 Å². The van der Waals surface area contributed by atoms with Crippen molar-refractivity contribution in [3.63, 3.8) is 0 Å². The summed E-state index contributed by atoms with van der Waals surface area (Å²) in [7, 11) is 6.35. The Balaban J connectivity index is 1.86. The maximum absolute atomic E-state index is 6.10. The van der Waals surface area contributed by atoms with Gasteiger partial charge in [0.1, 0.15) is 5.75 Å². The van der Waals surface area contributed by atoms with Crippen molar-refractivity contribution in [1.29, 1.82) is 0 Å². The van der Waals surface area contributed by atoms with Gasteiger partial charge in [0.2, 0.25) is 17.5 Å². The highest BCUT2D eigenvalue weighted by molar-refractivity contribution is 9.10. The Labute approximate surface area is 206 Å². The molecule has 3 aromatic carbocycles. The summed E-state index contributed by atoms with van der Waals surface area (Å²) >= 11 is 3.44. The predicted molar refractivity (Wildman–Crippen MR) is 133 cm³/mol. The van der Waals surface area contributed by atoms with E-state index >= 15 is 0 Å². The number of aromatic nitrogens is 2. The number of benzene rings is 3. The van der Waals surface area contributed by atoms with Crippen molar-refractivity contribution >= 4 is 27.6 Å². The van der Waals surface area contributed by atoms with Crippen molar-refractivity contribution < 1.29 is 23.4 Å². The molecule has 0 aliphatic carbocycles. The molecule has 34 heavy (non-hydrogen) atoms. The summed E-state index contributed by atoms with van der Waals surface area (Å²) in [5, 5.41) is 8.61. The SMILES string of the molecule is COc1ccc(/C=C(\c2cc(OC)c(OC)c(OC)c2)c2nnc(-c3ccc(Br)cc3)o2)cc1. The first-order chi connectivity index (χ1) is 16.6. The molecule has 4 rings (SSSR count). The van der Waals surface area contributed by atoms with Crippen LogP contribution in [-0.2, 0) is 0 Å². The monoisotopic (exact) mass is 522 g/mol. The van der Waals surface area contributed by atoms with Crippen molar-refractivity contribution in [3.05, 3.63) is 82.2 Å². The maximum atomic E-state index is 6.10. The maximum Gasteiger partial charge on any atom is 0.248 e. The number of hydrogen-bond donors (Lipinski definition) is 0. The quantitative estimate of drug-likeness (QED) is 0.258. The van der Waals surface area contributed by atoms with Gasteiger partial charge in [-0.3, -0.25) is 0 Å². The van der Waals surface area contributed by atoms with Crippen molar-refractivity contribution in [3.8, 4) is 34.5 Å². The zero-order chi connectivity index (χ0) is 24.1. The van der Waals surface area contributed by atoms with E-state index in [1.807, 2.05) is 66.7 Å². The van der Waals surface area contributed by atoms with Crippen LogP contribution >= 0.6 is 15.9 Å². The molecule has 0 bridgehead atoms. The molecule has 4 aromatic rings. The van der Waals surface area contributed by atoms with Gasteiger partial charge < -0.3 is 23.4 Å². The van der Waals surface area contributed by atoms with Gasteiger partial charge in [-0.1, -0.05) is 28.1 Å². The van der Waals surface area contributed by atoms with E-state index < -0.39 is 0 Å². The molecular formula is C26H23BrN2O5. The number of nitrogens with zero attached hydrogens (tertiary/aromatic N) is 2. The average Bonchev–Trinajstić information content (AvgIpc) is 3.37. The van der Waals surface area contributed by atoms with E-state index in [0.717, 1.165) is 26.9 Å². The molecule has 0 aliphatic heterocycles. The van der Waals surface area contributed by atoms with Gasteiger partial charge >= 0.3 is 0 Å². The Kier molecular flexibility index (Phi) is 7.18. The predicted octanol–water partition coefficient (Wildman–Crippen LogP) is 6.12. The van der Waals surface area contributed by atoms with Crippen LogP contribution in [0.25, 0.3) is 23.1 Å². The van der Waals surface area contributed by atoms with Crippen LogP contribution in [0.5, 0.6) is 23.0 Å². The molecule has 0 aliphatic rings. The molecule has 8 heteroatoms. The summed E-state index contributed by atoms with van der Waals surface area (Å²) in [4.78, 5) is 0. The van der Waals surface area contributed by atoms with Crippen LogP contribution in [-0.4, -0.2) is 38.6 Å². The lowest BCUT2D eigenvalue weighted by Gasteiger charge is -2.15. The molecule has 7 nitrogen and oxygen atoms in total. The zero-order valence-electron chi connectivity index (χ0n) is 19.2. The first-order valence-electron chi connectivity index (χ1n) is 10.3. The lowest BCUT2D eigenvalue weighted by Crippen LogP contribution is -1.98. The van der Waals surface area contributed by atoms with E-state index in [9.17, 15) is 0 Å². The lowest BCUT2D eigenvalue weighted by atomic mass is 10.0. The highest BCUT2D eigenvalue weighted by Crippen LogP contribution is 2.41. The van der Waals surface area contributed by atoms with Gasteiger partial charge in [0, 0.05) is 15.6 Å². The molecule has 0 spiro atoms. The Hall–Kier alpha value is -3.78. The summed E-state index contributed by atoms with van der Waals surface area (Å²) in [5.41, 5.74) is 3.19. The summed E-state index contributed by atoms with van der Waals surface area (Å²) < 4.78 is 28.9. The smallest absolute Gasteiger partial charge is 0.248 e. The molecule has 0 N–H and O–H groups in total. The van der Waals surface area contributed by atoms with Crippen LogP contribution in [0.2, 0.25) is 0 Å². The molecule has 0 fully saturated rings. The van der Waals surface area contributed by atoms with Gasteiger partial charge in [0.15, 0.2) is 11.5 Å². The van der Waals surface area contributed by atoms with Gasteiger partial charge in [-0.2, -0.15) is 0 Å². The number of methoxy groups -OCH3 is 4. The lowest BCUT2D eigenvalue weighted by molar-refractivity contribution is 0.324. The minimum atomic E-state index is 0.350. The fraction of sp³-hybridized carbons (Fsp3) is 0.154. The average molecular weight is 523 g/mol. The molecule has 0 unspecified atom stereocenters. The van der Waals surface area contributed by atoms with E-state index in [1.54, 1.807) is 28.4 Å². The normalized spacial score (nSPS) is 11.3. The molecule has 0 atom stereocenters. The van der Waals surface area contributed by atoms with E-state index in [1.165, 1.54) is 0 Å². The molecule has 0 saturated carbocycles. The largest absolute Gasteiger partial charge is 0.497 e. The first kappa shape index (κ1) is 23.4. The van der Waals surface area contributed by atoms with Crippen molar-refractivity contribution in [1.82, 2.24) is 10.2 Å². The van der Waals surface area contributed by atoms with Crippen LogP contribution in [0.1, 0.15) is 17.0 Å². The Morgan fingerprint density at radius 1 is 0.794 bits per heavy atom. The zero-order valence-corrected chi connectivity index (χ0v) is 20.8. The number of ether oxygens (including phenoxy) is 4. The summed E-state index contributed by atoms with van der Waals surface area (Å²) in [5.74, 6) is 3.06. The van der Waals surface area contributed by atoms with E-state index in [4.69, 9.17) is 23.4 Å². The second-order valence-corrected chi connectivity index (χ2v) is 8.08. The van der Waals surface area contributed by atoms with Crippen LogP contribution < -0.4 is 18.9 Å². The van der Waals surface area contributed by atoms with Gasteiger partial charge in [0.25, 0.3) is 0 Å². The van der Waals surface area contributed by atoms with Gasteiger partial charge in [0.05, 0.1) is 28.4 Å². The Bertz CT molecular complexity index is 1270. The van der Waals surface area contributed by atoms with Crippen LogP contribution in [0.4, 0.5) is 0 Å². The van der Waals surface area contributed by atoms with Crippen molar-refractivity contribution in [2.45, 2.75) is 0 Å². The third-order valence-corrected chi connectivity index (χ3v) is 5.68. The van der Waals surface area contributed by atoms with E-state index in [-0.39, 0.29) is 0 Å². The molecule has 1 heterocycles. The first-order valence-corrected chi connectivity index (χ1v) is 11.1. The van der Waals surface area contributed by atoms with E-state index in [2.05, 4.69) is 26.1 Å². The minimum absolute atomic E-state index is 0.350. The van der Waals surface area contributed by atoms with Gasteiger partial charge in [-0.25, -0.2) is 0 Å². The van der Waals surface area contributed by atoms with Crippen molar-refractivity contribution in [2.75, 3.05) is 28.4 Å². The van der Waals surface area contributed by atoms with Crippen LogP contribution in [0.15, 0.2) is 69.6 Å². The highest BCUT2D eigenvalue weighted by Gasteiger charge is 2.20. The molecular weight excluding hydrogens is 500 g/mol. The highest BCUT2D eigenvalue weighted by atomic mass is 79.9. The number of halogens is 1. The summed E-state index contributed by atoms with van der Waals surface area (Å²) in [6, 6.07) is 19.0. The molecule has 0 saturated heterocycles. The van der Waals surface area contributed by atoms with Gasteiger partial charge in [-0.05, 0) is 65.7 Å². The molecule has 1 aromatic heterocycles. The number of rotatable bonds is 8. The third-order valence-electron chi connectivity index (χ3n) is 5.15. The topological polar surface area (TPSA) is 75.8 Å². The molecule has 0 radical (unpaired) electrons. The van der Waals surface area contributed by atoms with Crippen LogP contribution in [0, 0.1) is 0 Å². The van der Waals surface area contributed by atoms with Crippen LogP contribution in [0.3, 0.4) is 0 Å². The summed E-state index contributed by atoms with van der Waals surface area (Å²) in [6.45, 7) is 0. The Morgan fingerprint density at radius 2 is 1.44 bits per heavy atom. The second-order valence-electron chi connectivity index (χ2n) is 7.16. The second kappa shape index (κ2) is 10.4. The number of hydrogen-bond acceptors (Lipinski definition) is 7. The Morgan fingerprint density at radius 3 is 2.00 bits per heavy atom. The fourth-order valence-corrected chi connectivity index (χ4v) is 3.68. The summed E-state index contributed by atoms with van der Waals surface area (Å²) in [6.07, 6.45) is 1.96. The standard InChI is InChI=1S/C26H23BrN2O5/c1-30-20-11-5-16(6-12-20)13-21(18-14-22(31-2)24(33-4)23(15-18)32-3)26-29-28-25(34-26)17-7-9-19(27)10-8-17/h5-15H,1-4H3/b21-13+. The molecule has 174 valence electrons. The van der Waals surface area contributed by atoms with Gasteiger partial charge in [-0.15, -0.1) is 10.2 Å². The minimum Gasteiger partial charge on any atom is -0.497 e. The fourth-order valence-electron chi connectivity index (χ4n) is 3.41.